The van der Waals surface area contributed by atoms with Crippen molar-refractivity contribution in [3.63, 3.8) is 0 Å². The van der Waals surface area contributed by atoms with Gasteiger partial charge in [-0.1, -0.05) is 31.4 Å². The van der Waals surface area contributed by atoms with Crippen molar-refractivity contribution >= 4 is 0 Å². The molecule has 0 bridgehead atoms. The number of aromatic nitrogens is 5. The van der Waals surface area contributed by atoms with Gasteiger partial charge in [0.25, 0.3) is 11.4 Å². The van der Waals surface area contributed by atoms with E-state index >= 15 is 0 Å². The van der Waals surface area contributed by atoms with Crippen LogP contribution in [0.3, 0.4) is 0 Å². The molecule has 210 valence electrons. The van der Waals surface area contributed by atoms with Crippen LogP contribution in [0.15, 0.2) is 57.9 Å². The lowest BCUT2D eigenvalue weighted by molar-refractivity contribution is -0.138. The number of benzene rings is 1. The molecule has 2 fully saturated rings. The first-order valence-electron chi connectivity index (χ1n) is 13.4. The minimum Gasteiger partial charge on any atom is -0.419 e. The summed E-state index contributed by atoms with van der Waals surface area (Å²) in [7, 11) is 0. The molecule has 0 aliphatic heterocycles. The van der Waals surface area contributed by atoms with Gasteiger partial charge in [0.2, 0.25) is 5.89 Å². The first-order valence-corrected chi connectivity index (χ1v) is 13.4. The van der Waals surface area contributed by atoms with Gasteiger partial charge < -0.3 is 4.42 Å². The van der Waals surface area contributed by atoms with Gasteiger partial charge in [-0.05, 0) is 74.4 Å². The van der Waals surface area contributed by atoms with Crippen LogP contribution < -0.4 is 5.56 Å². The molecule has 1 aromatic carbocycles. The van der Waals surface area contributed by atoms with Crippen LogP contribution in [0.25, 0.3) is 11.6 Å². The Bertz CT molecular complexity index is 1500. The fourth-order valence-corrected chi connectivity index (χ4v) is 4.88. The average molecular weight is 556 g/mol. The zero-order chi connectivity index (χ0) is 28.3. The molecule has 2 aliphatic rings. The molecule has 11 heteroatoms. The van der Waals surface area contributed by atoms with Gasteiger partial charge in [0, 0.05) is 17.7 Å². The van der Waals surface area contributed by atoms with E-state index in [2.05, 4.69) is 20.3 Å². The maximum absolute atomic E-state index is 13.5. The third-order valence-electron chi connectivity index (χ3n) is 7.11. The van der Waals surface area contributed by atoms with Crippen molar-refractivity contribution in [1.82, 2.24) is 25.0 Å². The molecular weight excluding hydrogens is 526 g/mol. The van der Waals surface area contributed by atoms with E-state index in [0.717, 1.165) is 61.3 Å². The normalized spacial score (nSPS) is 15.9. The standard InChI is InChI=1S/C22H22F3N5O2.C7H7F/c23-22(24,25)16-7-4-10-26-18(16)12-30-21(31)15(13-5-2-1-3-6-13)11-17(29-30)20-28-27-19(32-20)14-8-9-14;1-6-3-2-4-7(8)5-6/h4,7,10-11,13-14H,1-3,5-6,8-9,12H2;2-5H,1H3. The van der Waals surface area contributed by atoms with E-state index in [0.29, 0.717) is 17.1 Å². The van der Waals surface area contributed by atoms with E-state index in [9.17, 15) is 22.4 Å². The van der Waals surface area contributed by atoms with Crippen molar-refractivity contribution in [2.45, 2.75) is 76.4 Å². The fraction of sp³-hybridized carbons (Fsp3) is 0.414. The van der Waals surface area contributed by atoms with Crippen LogP contribution >= 0.6 is 0 Å². The summed E-state index contributed by atoms with van der Waals surface area (Å²) in [6.07, 6.45) is 3.51. The van der Waals surface area contributed by atoms with Crippen LogP contribution in [0, 0.1) is 12.7 Å². The predicted octanol–water partition coefficient (Wildman–Crippen LogP) is 6.81. The van der Waals surface area contributed by atoms with Gasteiger partial charge in [0.1, 0.15) is 11.5 Å². The summed E-state index contributed by atoms with van der Waals surface area (Å²) in [6, 6.07) is 10.4. The smallest absolute Gasteiger partial charge is 0.418 e. The van der Waals surface area contributed by atoms with Crippen LogP contribution in [-0.4, -0.2) is 25.0 Å². The number of halogens is 4. The van der Waals surface area contributed by atoms with E-state index in [-0.39, 0.29) is 29.2 Å². The van der Waals surface area contributed by atoms with Crippen molar-refractivity contribution in [1.29, 1.82) is 0 Å². The molecule has 0 spiro atoms. The van der Waals surface area contributed by atoms with Crippen LogP contribution in [0.5, 0.6) is 0 Å². The van der Waals surface area contributed by atoms with Crippen molar-refractivity contribution < 1.29 is 22.0 Å². The SMILES string of the molecule is Cc1cccc(F)c1.O=c1c(C2CCCCC2)cc(-c2nnc(C3CC3)o2)nn1Cc1ncccc1C(F)(F)F. The van der Waals surface area contributed by atoms with Crippen molar-refractivity contribution in [2.24, 2.45) is 0 Å². The lowest BCUT2D eigenvalue weighted by Gasteiger charge is -2.22. The Balaban J connectivity index is 0.000000348. The van der Waals surface area contributed by atoms with E-state index in [4.69, 9.17) is 4.42 Å². The Morgan fingerprint density at radius 3 is 2.40 bits per heavy atom. The molecule has 2 saturated carbocycles. The minimum absolute atomic E-state index is 0.0286. The van der Waals surface area contributed by atoms with Crippen LogP contribution in [0.2, 0.25) is 0 Å². The van der Waals surface area contributed by atoms with E-state index < -0.39 is 23.8 Å². The number of nitrogens with zero attached hydrogens (tertiary/aromatic N) is 5. The second-order valence-corrected chi connectivity index (χ2v) is 10.3. The molecule has 4 aromatic rings. The van der Waals surface area contributed by atoms with Crippen LogP contribution in [0.4, 0.5) is 17.6 Å². The molecule has 0 amide bonds. The van der Waals surface area contributed by atoms with Crippen LogP contribution in [0.1, 0.15) is 85.1 Å². The Labute approximate surface area is 228 Å². The van der Waals surface area contributed by atoms with Gasteiger partial charge in [-0.2, -0.15) is 18.3 Å². The van der Waals surface area contributed by atoms with Crippen molar-refractivity contribution in [2.75, 3.05) is 0 Å². The second-order valence-electron chi connectivity index (χ2n) is 10.3. The number of aryl methyl sites for hydroxylation is 1. The first-order chi connectivity index (χ1) is 19.2. The molecule has 0 saturated heterocycles. The third-order valence-corrected chi connectivity index (χ3v) is 7.11. The Morgan fingerprint density at radius 2 is 1.75 bits per heavy atom. The molecule has 7 nitrogen and oxygen atoms in total. The zero-order valence-electron chi connectivity index (χ0n) is 22.0. The van der Waals surface area contributed by atoms with Gasteiger partial charge in [-0.25, -0.2) is 9.07 Å². The van der Waals surface area contributed by atoms with Gasteiger partial charge in [0.15, 0.2) is 0 Å². The highest BCUT2D eigenvalue weighted by atomic mass is 19.4. The summed E-state index contributed by atoms with van der Waals surface area (Å²) < 4.78 is 59.4. The molecule has 3 heterocycles. The molecule has 0 atom stereocenters. The molecule has 0 radical (unpaired) electrons. The summed E-state index contributed by atoms with van der Waals surface area (Å²) in [4.78, 5) is 17.2. The molecule has 3 aromatic heterocycles. The molecule has 6 rings (SSSR count). The van der Waals surface area contributed by atoms with E-state index in [1.807, 2.05) is 13.0 Å². The number of pyridine rings is 1. The Hall–Kier alpha value is -3.89. The maximum atomic E-state index is 13.5. The summed E-state index contributed by atoms with van der Waals surface area (Å²) in [6.45, 7) is 1.47. The minimum atomic E-state index is -4.58. The van der Waals surface area contributed by atoms with Gasteiger partial charge >= 0.3 is 6.18 Å². The quantitative estimate of drug-likeness (QED) is 0.251. The Kier molecular flexibility index (Phi) is 8.09. The fourth-order valence-electron chi connectivity index (χ4n) is 4.88. The first kappa shape index (κ1) is 27.7. The van der Waals surface area contributed by atoms with Crippen molar-refractivity contribution in [3.05, 3.63) is 93.1 Å². The molecule has 2 aliphatic carbocycles. The van der Waals surface area contributed by atoms with E-state index in [1.165, 1.54) is 24.4 Å². The largest absolute Gasteiger partial charge is 0.419 e. The molecular formula is C29H29F4N5O2. The van der Waals surface area contributed by atoms with Crippen LogP contribution in [-0.2, 0) is 12.7 Å². The monoisotopic (exact) mass is 555 g/mol. The Morgan fingerprint density at radius 1 is 0.975 bits per heavy atom. The summed E-state index contributed by atoms with van der Waals surface area (Å²) in [5, 5.41) is 12.5. The van der Waals surface area contributed by atoms with E-state index in [1.54, 1.807) is 12.1 Å². The summed E-state index contributed by atoms with van der Waals surface area (Å²) >= 11 is 0. The zero-order valence-corrected chi connectivity index (χ0v) is 22.0. The highest BCUT2D eigenvalue weighted by molar-refractivity contribution is 5.47. The topological polar surface area (TPSA) is 86.7 Å². The number of hydrogen-bond acceptors (Lipinski definition) is 6. The summed E-state index contributed by atoms with van der Waals surface area (Å²) in [5.41, 5.74) is 0.253. The third kappa shape index (κ3) is 6.63. The lowest BCUT2D eigenvalue weighted by Crippen LogP contribution is -2.30. The average Bonchev–Trinajstić information content (AvgIpc) is 3.66. The molecule has 0 unspecified atom stereocenters. The number of hydrogen-bond donors (Lipinski definition) is 0. The van der Waals surface area contributed by atoms with Gasteiger partial charge in [0.05, 0.1) is 17.8 Å². The maximum Gasteiger partial charge on any atom is 0.418 e. The second kappa shape index (κ2) is 11.7. The highest BCUT2D eigenvalue weighted by Crippen LogP contribution is 2.40. The molecule has 0 N–H and O–H groups in total. The van der Waals surface area contributed by atoms with Gasteiger partial charge in [-0.3, -0.25) is 9.78 Å². The van der Waals surface area contributed by atoms with Crippen molar-refractivity contribution in [3.8, 4) is 11.6 Å². The molecule has 40 heavy (non-hydrogen) atoms. The highest BCUT2D eigenvalue weighted by Gasteiger charge is 2.34. The predicted molar refractivity (Wildman–Crippen MR) is 139 cm³/mol. The van der Waals surface area contributed by atoms with Gasteiger partial charge in [-0.15, -0.1) is 10.2 Å². The summed E-state index contributed by atoms with van der Waals surface area (Å²) in [5.74, 6) is 0.825. The lowest BCUT2D eigenvalue weighted by atomic mass is 9.84. The number of alkyl halides is 3. The number of rotatable bonds is 5.